The van der Waals surface area contributed by atoms with Crippen molar-refractivity contribution >= 4 is 38.9 Å². The van der Waals surface area contributed by atoms with Crippen LogP contribution in [-0.2, 0) is 0 Å². The Hall–Kier alpha value is -2.26. The Morgan fingerprint density at radius 2 is 1.81 bits per heavy atom. The molecule has 0 fully saturated rings. The number of hydrogen-bond acceptors (Lipinski definition) is 6. The second kappa shape index (κ2) is 6.02. The fourth-order valence-electron chi connectivity index (χ4n) is 1.44. The second-order valence-corrected chi connectivity index (χ2v) is 5.03. The summed E-state index contributed by atoms with van der Waals surface area (Å²) in [5.74, 6) is -0.142. The molecule has 10 heteroatoms. The number of halogens is 2. The van der Waals surface area contributed by atoms with Gasteiger partial charge in [0.25, 0.3) is 11.6 Å². The van der Waals surface area contributed by atoms with Crippen LogP contribution in [-0.4, -0.2) is 14.8 Å². The molecule has 0 aliphatic carbocycles. The standard InChI is InChI=1S/C11H5BrClN3O5/c12-6-3-10(16(19)20)11(14-5-6)21-7-1-2-9(15(17)18)8(13)4-7/h1-5H. The fraction of sp³-hybridized carbons (Fsp3) is 0. The molecule has 0 aliphatic heterocycles. The number of aromatic nitrogens is 1. The largest absolute Gasteiger partial charge is 0.434 e. The molecule has 0 amide bonds. The Balaban J connectivity index is 2.37. The smallest absolute Gasteiger partial charge is 0.332 e. The maximum atomic E-state index is 10.9. The molecule has 2 rings (SSSR count). The summed E-state index contributed by atoms with van der Waals surface area (Å²) in [4.78, 5) is 24.1. The molecule has 0 atom stereocenters. The number of pyridine rings is 1. The first-order chi connectivity index (χ1) is 9.88. The van der Waals surface area contributed by atoms with Gasteiger partial charge >= 0.3 is 5.69 Å². The highest BCUT2D eigenvalue weighted by atomic mass is 79.9. The van der Waals surface area contributed by atoms with Gasteiger partial charge in [-0.25, -0.2) is 4.98 Å². The molecule has 0 N–H and O–H groups in total. The van der Waals surface area contributed by atoms with Crippen LogP contribution < -0.4 is 4.74 Å². The summed E-state index contributed by atoms with van der Waals surface area (Å²) in [5, 5.41) is 21.4. The third-order valence-corrected chi connectivity index (χ3v) is 3.06. The lowest BCUT2D eigenvalue weighted by molar-refractivity contribution is -0.386. The molecule has 8 nitrogen and oxygen atoms in total. The fourth-order valence-corrected chi connectivity index (χ4v) is 2.00. The lowest BCUT2D eigenvalue weighted by Crippen LogP contribution is -1.96. The van der Waals surface area contributed by atoms with Crippen LogP contribution in [0.1, 0.15) is 0 Å². The number of rotatable bonds is 4. The first-order valence-corrected chi connectivity index (χ1v) is 6.47. The van der Waals surface area contributed by atoms with Gasteiger partial charge in [-0.15, -0.1) is 0 Å². The molecule has 0 saturated heterocycles. The van der Waals surface area contributed by atoms with Gasteiger partial charge in [0, 0.05) is 28.9 Å². The van der Waals surface area contributed by atoms with Crippen LogP contribution in [0.5, 0.6) is 11.6 Å². The highest BCUT2D eigenvalue weighted by Gasteiger charge is 2.19. The van der Waals surface area contributed by atoms with Crippen molar-refractivity contribution in [3.63, 3.8) is 0 Å². The van der Waals surface area contributed by atoms with Crippen LogP contribution in [0, 0.1) is 20.2 Å². The number of benzene rings is 1. The van der Waals surface area contributed by atoms with Gasteiger partial charge < -0.3 is 4.74 Å². The molecule has 0 bridgehead atoms. The van der Waals surface area contributed by atoms with E-state index in [1.54, 1.807) is 0 Å². The summed E-state index contributed by atoms with van der Waals surface area (Å²) in [6.45, 7) is 0. The van der Waals surface area contributed by atoms with Crippen LogP contribution in [0.2, 0.25) is 5.02 Å². The van der Waals surface area contributed by atoms with Gasteiger partial charge in [-0.3, -0.25) is 20.2 Å². The third kappa shape index (κ3) is 3.44. The van der Waals surface area contributed by atoms with Gasteiger partial charge in [-0.1, -0.05) is 11.6 Å². The van der Waals surface area contributed by atoms with E-state index < -0.39 is 9.85 Å². The maximum absolute atomic E-state index is 10.9. The third-order valence-electron chi connectivity index (χ3n) is 2.33. The maximum Gasteiger partial charge on any atom is 0.332 e. The highest BCUT2D eigenvalue weighted by Crippen LogP contribution is 2.34. The first-order valence-electron chi connectivity index (χ1n) is 5.30. The van der Waals surface area contributed by atoms with E-state index in [0.717, 1.165) is 6.07 Å². The van der Waals surface area contributed by atoms with Crippen LogP contribution in [0.4, 0.5) is 11.4 Å². The van der Waals surface area contributed by atoms with Gasteiger partial charge in [0.1, 0.15) is 10.8 Å². The minimum atomic E-state index is -0.653. The van der Waals surface area contributed by atoms with Crippen molar-refractivity contribution in [2.24, 2.45) is 0 Å². The lowest BCUT2D eigenvalue weighted by atomic mass is 10.3. The quantitative estimate of drug-likeness (QED) is 0.588. The molecular formula is C11H5BrClN3O5. The van der Waals surface area contributed by atoms with Gasteiger partial charge in [-0.2, -0.15) is 0 Å². The van der Waals surface area contributed by atoms with E-state index in [-0.39, 0.29) is 28.0 Å². The molecule has 1 aromatic carbocycles. The number of nitrogens with zero attached hydrogens (tertiary/aromatic N) is 3. The molecule has 0 spiro atoms. The number of nitro groups is 2. The van der Waals surface area contributed by atoms with Crippen molar-refractivity contribution in [3.8, 4) is 11.6 Å². The lowest BCUT2D eigenvalue weighted by Gasteiger charge is -2.06. The average Bonchev–Trinajstić information content (AvgIpc) is 2.40. The van der Waals surface area contributed by atoms with E-state index in [9.17, 15) is 20.2 Å². The zero-order valence-corrected chi connectivity index (χ0v) is 12.4. The van der Waals surface area contributed by atoms with E-state index in [4.69, 9.17) is 16.3 Å². The van der Waals surface area contributed by atoms with Crippen LogP contribution in [0.3, 0.4) is 0 Å². The van der Waals surface area contributed by atoms with Crippen LogP contribution in [0.15, 0.2) is 34.9 Å². The predicted octanol–water partition coefficient (Wildman–Crippen LogP) is 4.11. The minimum Gasteiger partial charge on any atom is -0.434 e. The molecule has 2 aromatic rings. The van der Waals surface area contributed by atoms with Gasteiger partial charge in [-0.05, 0) is 22.0 Å². The Kier molecular flexibility index (Phi) is 4.34. The van der Waals surface area contributed by atoms with Gasteiger partial charge in [0.15, 0.2) is 0 Å². The summed E-state index contributed by atoms with van der Waals surface area (Å²) in [5.41, 5.74) is -0.638. The molecule has 21 heavy (non-hydrogen) atoms. The van der Waals surface area contributed by atoms with Gasteiger partial charge in [0.2, 0.25) is 0 Å². The first kappa shape index (κ1) is 15.1. The van der Waals surface area contributed by atoms with Crippen molar-refractivity contribution < 1.29 is 14.6 Å². The van der Waals surface area contributed by atoms with E-state index in [1.165, 1.54) is 24.4 Å². The minimum absolute atomic E-state index is 0.100. The highest BCUT2D eigenvalue weighted by molar-refractivity contribution is 9.10. The summed E-state index contributed by atoms with van der Waals surface area (Å²) in [6, 6.07) is 4.84. The molecule has 1 heterocycles. The Morgan fingerprint density at radius 1 is 1.14 bits per heavy atom. The Bertz CT molecular complexity index is 740. The summed E-state index contributed by atoms with van der Waals surface area (Å²) < 4.78 is 5.68. The second-order valence-electron chi connectivity index (χ2n) is 3.71. The average molecular weight is 375 g/mol. The molecule has 0 radical (unpaired) electrons. The zero-order valence-electron chi connectivity index (χ0n) is 10.0. The summed E-state index contributed by atoms with van der Waals surface area (Å²) >= 11 is 8.80. The number of nitro benzene ring substituents is 1. The monoisotopic (exact) mass is 373 g/mol. The molecule has 108 valence electrons. The number of ether oxygens (including phenoxy) is 1. The van der Waals surface area contributed by atoms with E-state index in [0.29, 0.717) is 4.47 Å². The summed E-state index contributed by atoms with van der Waals surface area (Å²) in [6.07, 6.45) is 1.33. The number of hydrogen-bond donors (Lipinski definition) is 0. The molecule has 0 unspecified atom stereocenters. The molecule has 0 aliphatic rings. The van der Waals surface area contributed by atoms with Crippen LogP contribution in [0.25, 0.3) is 0 Å². The topological polar surface area (TPSA) is 108 Å². The normalized spacial score (nSPS) is 10.2. The Labute approximate surface area is 130 Å². The van der Waals surface area contributed by atoms with Crippen molar-refractivity contribution in [3.05, 3.63) is 60.2 Å². The van der Waals surface area contributed by atoms with Crippen LogP contribution >= 0.6 is 27.5 Å². The molecular weight excluding hydrogens is 369 g/mol. The van der Waals surface area contributed by atoms with Crippen molar-refractivity contribution in [1.82, 2.24) is 4.98 Å². The summed E-state index contributed by atoms with van der Waals surface area (Å²) in [7, 11) is 0. The van der Waals surface area contributed by atoms with E-state index >= 15 is 0 Å². The van der Waals surface area contributed by atoms with Gasteiger partial charge in [0.05, 0.1) is 9.85 Å². The zero-order chi connectivity index (χ0) is 15.6. The van der Waals surface area contributed by atoms with E-state index in [1.807, 2.05) is 0 Å². The SMILES string of the molecule is O=[N+]([O-])c1ccc(Oc2ncc(Br)cc2[N+](=O)[O-])cc1Cl. The Morgan fingerprint density at radius 3 is 2.38 bits per heavy atom. The molecule has 1 aromatic heterocycles. The predicted molar refractivity (Wildman–Crippen MR) is 76.8 cm³/mol. The van der Waals surface area contributed by atoms with Crippen molar-refractivity contribution in [2.75, 3.05) is 0 Å². The van der Waals surface area contributed by atoms with E-state index in [2.05, 4.69) is 20.9 Å². The van der Waals surface area contributed by atoms with Crippen molar-refractivity contribution in [1.29, 1.82) is 0 Å². The molecule has 0 saturated carbocycles. The van der Waals surface area contributed by atoms with Crippen molar-refractivity contribution in [2.45, 2.75) is 0 Å².